The lowest BCUT2D eigenvalue weighted by Crippen LogP contribution is -2.24. The van der Waals surface area contributed by atoms with Crippen LogP contribution in [0.2, 0.25) is 5.02 Å². The Hall–Kier alpha value is -1.04. The Bertz CT molecular complexity index is 462. The maximum atomic E-state index is 8.99. The van der Waals surface area contributed by atoms with Crippen LogP contribution in [0.4, 0.5) is 0 Å². The zero-order chi connectivity index (χ0) is 15.2. The van der Waals surface area contributed by atoms with Crippen molar-refractivity contribution in [3.05, 3.63) is 34.9 Å². The average molecular weight is 293 g/mol. The number of rotatable bonds is 7. The Kier molecular flexibility index (Phi) is 6.52. The molecule has 0 fully saturated rings. The second-order valence-electron chi connectivity index (χ2n) is 6.13. The molecule has 0 heterocycles. The van der Waals surface area contributed by atoms with Gasteiger partial charge in [-0.2, -0.15) is 5.26 Å². The third kappa shape index (κ3) is 5.15. The number of benzene rings is 1. The van der Waals surface area contributed by atoms with Crippen LogP contribution < -0.4 is 0 Å². The molecule has 1 aromatic rings. The largest absolute Gasteiger partial charge is 0.300 e. The predicted octanol–water partition coefficient (Wildman–Crippen LogP) is 5.05. The van der Waals surface area contributed by atoms with Crippen LogP contribution in [-0.4, -0.2) is 18.5 Å². The summed E-state index contributed by atoms with van der Waals surface area (Å²) in [6.45, 7) is 7.21. The van der Waals surface area contributed by atoms with E-state index < -0.39 is 0 Å². The molecule has 0 amide bonds. The van der Waals surface area contributed by atoms with Crippen molar-refractivity contribution >= 4 is 11.6 Å². The van der Waals surface area contributed by atoms with Crippen molar-refractivity contribution < 1.29 is 0 Å². The first-order valence-electron chi connectivity index (χ1n) is 7.23. The predicted molar refractivity (Wildman–Crippen MR) is 85.7 cm³/mol. The molecule has 1 unspecified atom stereocenters. The number of hydrogen-bond acceptors (Lipinski definition) is 2. The van der Waals surface area contributed by atoms with E-state index in [0.29, 0.717) is 6.04 Å². The zero-order valence-corrected chi connectivity index (χ0v) is 13.7. The van der Waals surface area contributed by atoms with Crippen molar-refractivity contribution in [2.45, 2.75) is 46.1 Å². The molecule has 0 radical (unpaired) electrons. The fourth-order valence-corrected chi connectivity index (χ4v) is 2.52. The summed E-state index contributed by atoms with van der Waals surface area (Å²) >= 11 is 6.24. The van der Waals surface area contributed by atoms with Crippen LogP contribution in [-0.2, 0) is 0 Å². The summed E-state index contributed by atoms with van der Waals surface area (Å²) in [5.74, 6) is 0. The molecule has 1 rings (SSSR count). The number of nitriles is 1. The number of unbranched alkanes of at least 4 members (excludes halogenated alkanes) is 1. The minimum absolute atomic E-state index is 0.201. The fraction of sp³-hybridized carbons (Fsp3) is 0.588. The standard InChI is InChI=1S/C17H25ClN2/c1-14(15-9-5-6-10-16(15)18)20(4)12-8-7-11-17(2,3)13-19/h5-6,9-10,14H,7-8,11-12H2,1-4H3. The monoisotopic (exact) mass is 292 g/mol. The maximum Gasteiger partial charge on any atom is 0.0683 e. The Balaban J connectivity index is 2.42. The van der Waals surface area contributed by atoms with Gasteiger partial charge in [-0.15, -0.1) is 0 Å². The SMILES string of the molecule is CC(c1ccccc1Cl)N(C)CCCCC(C)(C)C#N. The molecule has 0 aromatic heterocycles. The number of halogens is 1. The molecule has 0 saturated heterocycles. The summed E-state index contributed by atoms with van der Waals surface area (Å²) in [4.78, 5) is 2.32. The Morgan fingerprint density at radius 1 is 1.30 bits per heavy atom. The molecule has 0 aliphatic heterocycles. The minimum atomic E-state index is -0.201. The van der Waals surface area contributed by atoms with Crippen LogP contribution in [0.5, 0.6) is 0 Å². The van der Waals surface area contributed by atoms with Gasteiger partial charge in [0.1, 0.15) is 0 Å². The number of nitrogens with zero attached hydrogens (tertiary/aromatic N) is 2. The third-order valence-corrected chi connectivity index (χ3v) is 4.23. The maximum absolute atomic E-state index is 8.99. The topological polar surface area (TPSA) is 27.0 Å². The molecule has 0 spiro atoms. The first kappa shape index (κ1) is 17.0. The summed E-state index contributed by atoms with van der Waals surface area (Å²) < 4.78 is 0. The second kappa shape index (κ2) is 7.67. The van der Waals surface area contributed by atoms with Gasteiger partial charge in [-0.3, -0.25) is 4.90 Å². The highest BCUT2D eigenvalue weighted by Gasteiger charge is 2.17. The molecule has 1 atom stereocenters. The second-order valence-corrected chi connectivity index (χ2v) is 6.54. The van der Waals surface area contributed by atoms with Gasteiger partial charge in [-0.1, -0.05) is 36.2 Å². The Labute approximate surface area is 128 Å². The van der Waals surface area contributed by atoms with Gasteiger partial charge in [-0.25, -0.2) is 0 Å². The van der Waals surface area contributed by atoms with Crippen LogP contribution in [0, 0.1) is 16.7 Å². The summed E-state index contributed by atoms with van der Waals surface area (Å²) in [7, 11) is 2.13. The zero-order valence-electron chi connectivity index (χ0n) is 13.0. The summed E-state index contributed by atoms with van der Waals surface area (Å²) in [6, 6.07) is 10.7. The Morgan fingerprint density at radius 3 is 2.55 bits per heavy atom. The van der Waals surface area contributed by atoms with Crippen molar-refractivity contribution in [2.75, 3.05) is 13.6 Å². The molecule has 0 aliphatic rings. The first-order valence-corrected chi connectivity index (χ1v) is 7.61. The molecular weight excluding hydrogens is 268 g/mol. The van der Waals surface area contributed by atoms with Crippen molar-refractivity contribution in [3.63, 3.8) is 0 Å². The van der Waals surface area contributed by atoms with E-state index in [1.54, 1.807) is 0 Å². The van der Waals surface area contributed by atoms with Gasteiger partial charge in [0.2, 0.25) is 0 Å². The van der Waals surface area contributed by atoms with E-state index in [-0.39, 0.29) is 5.41 Å². The summed E-state index contributed by atoms with van der Waals surface area (Å²) in [5, 5.41) is 9.83. The van der Waals surface area contributed by atoms with Gasteiger partial charge in [0.05, 0.1) is 11.5 Å². The third-order valence-electron chi connectivity index (χ3n) is 3.88. The molecular formula is C17H25ClN2. The molecule has 0 aliphatic carbocycles. The van der Waals surface area contributed by atoms with E-state index in [1.165, 1.54) is 5.56 Å². The van der Waals surface area contributed by atoms with Gasteiger partial charge < -0.3 is 0 Å². The lowest BCUT2D eigenvalue weighted by atomic mass is 9.89. The van der Waals surface area contributed by atoms with Crippen LogP contribution in [0.15, 0.2) is 24.3 Å². The quantitative estimate of drug-likeness (QED) is 0.657. The lowest BCUT2D eigenvalue weighted by Gasteiger charge is -2.26. The molecule has 0 saturated carbocycles. The van der Waals surface area contributed by atoms with Crippen molar-refractivity contribution in [2.24, 2.45) is 5.41 Å². The molecule has 0 N–H and O–H groups in total. The van der Waals surface area contributed by atoms with Crippen LogP contribution >= 0.6 is 11.6 Å². The van der Waals surface area contributed by atoms with Crippen LogP contribution in [0.1, 0.15) is 51.6 Å². The highest BCUT2D eigenvalue weighted by atomic mass is 35.5. The number of hydrogen-bond donors (Lipinski definition) is 0. The van der Waals surface area contributed by atoms with Gasteiger partial charge in [-0.05, 0) is 58.8 Å². The fourth-order valence-electron chi connectivity index (χ4n) is 2.23. The Morgan fingerprint density at radius 2 is 1.95 bits per heavy atom. The average Bonchev–Trinajstić information content (AvgIpc) is 2.43. The molecule has 3 heteroatoms. The van der Waals surface area contributed by atoms with Crippen molar-refractivity contribution in [1.29, 1.82) is 5.26 Å². The summed E-state index contributed by atoms with van der Waals surface area (Å²) in [6.07, 6.45) is 3.15. The molecule has 110 valence electrons. The van der Waals surface area contributed by atoms with Crippen molar-refractivity contribution in [1.82, 2.24) is 4.90 Å². The van der Waals surface area contributed by atoms with E-state index in [4.69, 9.17) is 16.9 Å². The highest BCUT2D eigenvalue weighted by Crippen LogP contribution is 2.27. The minimum Gasteiger partial charge on any atom is -0.300 e. The van der Waals surface area contributed by atoms with Crippen molar-refractivity contribution in [3.8, 4) is 6.07 Å². The van der Waals surface area contributed by atoms with Crippen LogP contribution in [0.25, 0.3) is 0 Å². The smallest absolute Gasteiger partial charge is 0.0683 e. The lowest BCUT2D eigenvalue weighted by molar-refractivity contribution is 0.251. The molecule has 2 nitrogen and oxygen atoms in total. The van der Waals surface area contributed by atoms with E-state index >= 15 is 0 Å². The van der Waals surface area contributed by atoms with E-state index in [1.807, 2.05) is 32.0 Å². The van der Waals surface area contributed by atoms with Gasteiger partial charge >= 0.3 is 0 Å². The normalized spacial score (nSPS) is 13.2. The first-order chi connectivity index (χ1) is 9.37. The van der Waals surface area contributed by atoms with E-state index in [9.17, 15) is 0 Å². The van der Waals surface area contributed by atoms with Crippen LogP contribution in [0.3, 0.4) is 0 Å². The van der Waals surface area contributed by atoms with E-state index in [0.717, 1.165) is 30.8 Å². The van der Waals surface area contributed by atoms with E-state index in [2.05, 4.69) is 31.0 Å². The molecule has 1 aromatic carbocycles. The summed E-state index contributed by atoms with van der Waals surface area (Å²) in [5.41, 5.74) is 0.974. The molecule has 0 bridgehead atoms. The highest BCUT2D eigenvalue weighted by molar-refractivity contribution is 6.31. The van der Waals surface area contributed by atoms with Gasteiger partial charge in [0, 0.05) is 11.1 Å². The van der Waals surface area contributed by atoms with Gasteiger partial charge in [0.25, 0.3) is 0 Å². The van der Waals surface area contributed by atoms with Gasteiger partial charge in [0.15, 0.2) is 0 Å². The molecule has 20 heavy (non-hydrogen) atoms.